The molecule has 0 aliphatic carbocycles. The van der Waals surface area contributed by atoms with Crippen LogP contribution in [-0.4, -0.2) is 0 Å². The summed E-state index contributed by atoms with van der Waals surface area (Å²) in [7, 11) is 0. The van der Waals surface area contributed by atoms with Gasteiger partial charge in [0.05, 0.1) is 0 Å². The zero-order valence-electron chi connectivity index (χ0n) is 55.7. The maximum absolute atomic E-state index is 12.7. The van der Waals surface area contributed by atoms with Crippen LogP contribution in [0.5, 0.6) is 0 Å². The van der Waals surface area contributed by atoms with Gasteiger partial charge >= 0.3 is 0 Å². The summed E-state index contributed by atoms with van der Waals surface area (Å²) in [5, 5.41) is 8.16. The first-order chi connectivity index (χ1) is 40.4. The minimum absolute atomic E-state index is 0.629. The molecule has 4 heteroatoms. The number of hydrogen-bond donors (Lipinski definition) is 0. The maximum atomic E-state index is 12.7. The Morgan fingerprint density at radius 1 is 0.174 bits per heavy atom. The van der Waals surface area contributed by atoms with E-state index in [4.69, 9.17) is 0 Å². The molecule has 0 radical (unpaired) electrons. The Kier molecular flexibility index (Phi) is 27.0. The molecule has 0 spiro atoms. The van der Waals surface area contributed by atoms with E-state index >= 15 is 0 Å². The van der Waals surface area contributed by atoms with Crippen molar-refractivity contribution in [3.63, 3.8) is 0 Å². The van der Waals surface area contributed by atoms with Crippen LogP contribution >= 0.6 is 0 Å². The predicted octanol–water partition coefficient (Wildman–Crippen LogP) is 24.3. The van der Waals surface area contributed by atoms with Gasteiger partial charge < -0.3 is 0 Å². The Balaban J connectivity index is 0.000000211. The zero-order chi connectivity index (χ0) is 64.3. The van der Waals surface area contributed by atoms with Gasteiger partial charge in [0.1, 0.15) is 0 Å². The highest BCUT2D eigenvalue weighted by Crippen LogP contribution is 2.26. The molecule has 0 aliphatic heterocycles. The van der Waals surface area contributed by atoms with Gasteiger partial charge in [-0.3, -0.25) is 0 Å². The summed E-state index contributed by atoms with van der Waals surface area (Å²) in [5.41, 5.74) is 26.4. The quantitative estimate of drug-likeness (QED) is 0.105. The molecular weight excluding hydrogens is 1060 g/mol. The fourth-order valence-electron chi connectivity index (χ4n) is 9.80. The Morgan fingerprint density at radius 2 is 0.407 bits per heavy atom. The number of benzene rings is 11. The van der Waals surface area contributed by atoms with Gasteiger partial charge in [-0.1, -0.05) is 203 Å². The lowest BCUT2D eigenvalue weighted by Gasteiger charge is -2.15. The highest BCUT2D eigenvalue weighted by molar-refractivity contribution is 5.89. The molecule has 450 valence electrons. The number of hydrogen-bond acceptors (Lipinski definition) is 0. The van der Waals surface area contributed by atoms with Crippen LogP contribution in [-0.2, 0) is 0 Å². The molecule has 0 saturated heterocycles. The van der Waals surface area contributed by atoms with Gasteiger partial charge in [-0.2, -0.15) is 0 Å². The summed E-state index contributed by atoms with van der Waals surface area (Å²) < 4.78 is 50.6. The fourth-order valence-corrected chi connectivity index (χ4v) is 9.80. The zero-order valence-corrected chi connectivity index (χ0v) is 55.7. The van der Waals surface area contributed by atoms with E-state index in [1.165, 1.54) is 144 Å². The smallest absolute Gasteiger partial charge is 0.165 e. The fraction of sp³-hybridized carbons (Fsp3) is 0.268. The Bertz CT molecular complexity index is 3520. The molecule has 0 saturated carbocycles. The first kappa shape index (κ1) is 70.4. The second kappa shape index (κ2) is 33.0. The van der Waals surface area contributed by atoms with Crippen molar-refractivity contribution in [3.8, 4) is 0 Å². The van der Waals surface area contributed by atoms with Gasteiger partial charge in [0.2, 0.25) is 0 Å². The van der Waals surface area contributed by atoms with Gasteiger partial charge in [-0.05, 0) is 263 Å². The highest BCUT2D eigenvalue weighted by Gasteiger charge is 2.19. The lowest BCUT2D eigenvalue weighted by molar-refractivity contribution is 0.436. The van der Waals surface area contributed by atoms with Crippen molar-refractivity contribution >= 4 is 32.3 Å². The molecule has 0 unspecified atom stereocenters. The molecular formula is C82H94F4. The molecule has 86 heavy (non-hydrogen) atoms. The van der Waals surface area contributed by atoms with E-state index in [0.717, 1.165) is 13.8 Å². The molecule has 11 rings (SSSR count). The monoisotopic (exact) mass is 1150 g/mol. The summed E-state index contributed by atoms with van der Waals surface area (Å²) in [6.45, 7) is 45.1. The number of rotatable bonds is 0. The number of aryl methyl sites for hydroxylation is 14. The third kappa shape index (κ3) is 20.0. The maximum Gasteiger partial charge on any atom is 0.165 e. The van der Waals surface area contributed by atoms with E-state index in [0.29, 0.717) is 0 Å². The molecule has 0 atom stereocenters. The molecule has 0 aliphatic rings. The van der Waals surface area contributed by atoms with Gasteiger partial charge in [-0.25, -0.2) is 17.6 Å². The molecule has 0 nitrogen and oxygen atoms in total. The Hall–Kier alpha value is -8.08. The Morgan fingerprint density at radius 3 is 0.674 bits per heavy atom. The van der Waals surface area contributed by atoms with Gasteiger partial charge in [0.15, 0.2) is 23.3 Å². The largest absolute Gasteiger partial charge is 0.203 e. The summed E-state index contributed by atoms with van der Waals surface area (Å²) >= 11 is 0. The van der Waals surface area contributed by atoms with Crippen LogP contribution in [0.2, 0.25) is 0 Å². The summed E-state index contributed by atoms with van der Waals surface area (Å²) in [6, 6.07) is 60.3. The normalized spacial score (nSPS) is 10.2. The molecule has 11 aromatic carbocycles. The van der Waals surface area contributed by atoms with Gasteiger partial charge in [0.25, 0.3) is 0 Å². The first-order valence-corrected chi connectivity index (χ1v) is 29.8. The first-order valence-electron chi connectivity index (χ1n) is 29.8. The lowest BCUT2D eigenvalue weighted by Crippen LogP contribution is -2.02. The van der Waals surface area contributed by atoms with E-state index in [1.807, 2.05) is 0 Å². The number of fused-ring (bicyclic) bond motifs is 3. The van der Waals surface area contributed by atoms with Gasteiger partial charge in [-0.15, -0.1) is 0 Å². The third-order valence-corrected chi connectivity index (χ3v) is 16.4. The molecule has 0 N–H and O–H groups in total. The minimum atomic E-state index is -1.33. The second-order valence-corrected chi connectivity index (χ2v) is 23.4. The summed E-state index contributed by atoms with van der Waals surface area (Å²) in [5.74, 6) is -5.31. The van der Waals surface area contributed by atoms with Crippen molar-refractivity contribution in [3.05, 3.63) is 316 Å². The molecule has 0 fully saturated rings. The van der Waals surface area contributed by atoms with Crippen molar-refractivity contribution in [2.45, 2.75) is 152 Å². The average Bonchev–Trinajstić information content (AvgIpc) is 3.38. The van der Waals surface area contributed by atoms with Crippen LogP contribution < -0.4 is 0 Å². The summed E-state index contributed by atoms with van der Waals surface area (Å²) in [6.07, 6.45) is 0. The second-order valence-electron chi connectivity index (χ2n) is 23.4. The van der Waals surface area contributed by atoms with Crippen molar-refractivity contribution in [1.29, 1.82) is 0 Å². The standard InChI is InChI=1S/3C12H12.C12H18.C10H14.C8H6F4.2C8H10/c1-9-3-5-12-8-10(2)4-6-11(12)7-9;1-9-5-3-8-12-10(2)6-4-7-11(9)12;1-9-7-8-10(2)12-6-4-3-5-11(9)12;1-7-8(2)10(4)12(6)11(5)9(7)3;1-7-5-9(3)10(4)6-8(7)2;1-3-5(9)7(11)4(2)8(12)6(3)10;1-7-3-5-8(2)6-4-7;1-7-4-3-5-8(2)6-7/h3*3-8H,1-2H3;1-6H3;5-6H,1-4H3;1-2H3;2*3-6H,1-2H3. The van der Waals surface area contributed by atoms with Crippen molar-refractivity contribution in [2.75, 3.05) is 0 Å². The van der Waals surface area contributed by atoms with Crippen molar-refractivity contribution in [1.82, 2.24) is 0 Å². The number of halogens is 4. The van der Waals surface area contributed by atoms with E-state index in [2.05, 4.69) is 308 Å². The van der Waals surface area contributed by atoms with Crippen LogP contribution in [0.25, 0.3) is 32.3 Å². The van der Waals surface area contributed by atoms with Crippen LogP contribution in [0.4, 0.5) is 17.6 Å². The van der Waals surface area contributed by atoms with Crippen molar-refractivity contribution < 1.29 is 17.6 Å². The van der Waals surface area contributed by atoms with Gasteiger partial charge in [0, 0.05) is 11.1 Å². The average molecular weight is 1160 g/mol. The van der Waals surface area contributed by atoms with Crippen LogP contribution in [0.15, 0.2) is 170 Å². The van der Waals surface area contributed by atoms with Crippen LogP contribution in [0.3, 0.4) is 0 Å². The predicted molar refractivity (Wildman–Crippen MR) is 368 cm³/mol. The van der Waals surface area contributed by atoms with E-state index < -0.39 is 34.4 Å². The minimum Gasteiger partial charge on any atom is -0.203 e. The van der Waals surface area contributed by atoms with E-state index in [-0.39, 0.29) is 0 Å². The lowest BCUT2D eigenvalue weighted by atomic mass is 9.90. The SMILES string of the molecule is Cc1c(C)c(C)c(C)c(C)c1C.Cc1c(F)c(F)c(C)c(F)c1F.Cc1cc(C)c(C)cc1C.Cc1ccc(C)c2ccccc12.Cc1ccc(C)cc1.Cc1ccc2cc(C)ccc2c1.Cc1cccc(C)c1.Cc1cccc2c(C)cccc12. The van der Waals surface area contributed by atoms with E-state index in [9.17, 15) is 17.6 Å². The molecule has 0 bridgehead atoms. The third-order valence-electron chi connectivity index (χ3n) is 16.4. The van der Waals surface area contributed by atoms with Crippen molar-refractivity contribution in [2.24, 2.45) is 0 Å². The molecule has 0 aromatic heterocycles. The topological polar surface area (TPSA) is 0 Å². The van der Waals surface area contributed by atoms with Crippen LogP contribution in [0.1, 0.15) is 122 Å². The van der Waals surface area contributed by atoms with E-state index in [1.54, 1.807) is 0 Å². The molecule has 11 aromatic rings. The molecule has 0 heterocycles. The summed E-state index contributed by atoms with van der Waals surface area (Å²) in [4.78, 5) is 0. The van der Waals surface area contributed by atoms with Crippen LogP contribution in [0, 0.1) is 176 Å². The highest BCUT2D eigenvalue weighted by atomic mass is 19.2. The molecule has 0 amide bonds. The Labute approximate surface area is 515 Å².